The molecule has 0 saturated carbocycles. The van der Waals surface area contributed by atoms with Crippen LogP contribution in [0.2, 0.25) is 0 Å². The topological polar surface area (TPSA) is 67.9 Å². The van der Waals surface area contributed by atoms with Gasteiger partial charge in [0.1, 0.15) is 0 Å². The Bertz CT molecular complexity index is 923. The molecule has 6 heteroatoms. The van der Waals surface area contributed by atoms with Crippen LogP contribution in [0.4, 0.5) is 0 Å². The maximum Gasteiger partial charge on any atom is 0.223 e. The van der Waals surface area contributed by atoms with Crippen molar-refractivity contribution in [3.8, 4) is 11.5 Å². The molecule has 2 aromatic rings. The van der Waals surface area contributed by atoms with Crippen LogP contribution in [0, 0.1) is 0 Å². The summed E-state index contributed by atoms with van der Waals surface area (Å²) in [6, 6.07) is 13.3. The first kappa shape index (κ1) is 20.5. The van der Waals surface area contributed by atoms with Crippen LogP contribution in [0.25, 0.3) is 6.08 Å². The molecule has 6 nitrogen and oxygen atoms in total. The largest absolute Gasteiger partial charge is 0.493 e. The highest BCUT2D eigenvalue weighted by atomic mass is 16.5. The fourth-order valence-electron chi connectivity index (χ4n) is 3.54. The minimum Gasteiger partial charge on any atom is -0.493 e. The van der Waals surface area contributed by atoms with Crippen molar-refractivity contribution in [2.45, 2.75) is 25.8 Å². The van der Waals surface area contributed by atoms with Crippen LogP contribution in [-0.4, -0.2) is 37.5 Å². The number of fused-ring (bicyclic) bond motifs is 1. The Hall–Kier alpha value is -3.28. The van der Waals surface area contributed by atoms with Gasteiger partial charge in [0.2, 0.25) is 11.8 Å². The molecule has 1 heterocycles. The third-order valence-electron chi connectivity index (χ3n) is 5.03. The Balaban J connectivity index is 1.61. The van der Waals surface area contributed by atoms with E-state index in [-0.39, 0.29) is 24.3 Å². The molecule has 152 valence electrons. The summed E-state index contributed by atoms with van der Waals surface area (Å²) in [5, 5.41) is 2.96. The molecule has 0 fully saturated rings. The van der Waals surface area contributed by atoms with Crippen molar-refractivity contribution in [1.29, 1.82) is 0 Å². The predicted molar refractivity (Wildman–Crippen MR) is 112 cm³/mol. The standard InChI is InChI=1S/C23H26N2O4/c1-16(26)25-13-11-18-6-4-5-7-19(18)20(25)15-23(27)24-12-10-17-8-9-21(28-2)22(14-17)29-3/h4-9,11,13-14,20H,10,12,15H2,1-3H3,(H,24,27)/t20-/m1/s1. The maximum atomic E-state index is 12.6. The third-order valence-corrected chi connectivity index (χ3v) is 5.03. The molecular weight excluding hydrogens is 368 g/mol. The van der Waals surface area contributed by atoms with Gasteiger partial charge in [-0.25, -0.2) is 0 Å². The van der Waals surface area contributed by atoms with Crippen LogP contribution in [-0.2, 0) is 16.0 Å². The normalized spacial score (nSPS) is 14.9. The number of carbonyl (C=O) groups excluding carboxylic acids is 2. The lowest BCUT2D eigenvalue weighted by Crippen LogP contribution is -2.35. The van der Waals surface area contributed by atoms with Crippen LogP contribution in [0.5, 0.6) is 11.5 Å². The van der Waals surface area contributed by atoms with Gasteiger partial charge in [0.15, 0.2) is 11.5 Å². The monoisotopic (exact) mass is 394 g/mol. The highest BCUT2D eigenvalue weighted by molar-refractivity contribution is 5.81. The summed E-state index contributed by atoms with van der Waals surface area (Å²) in [6.07, 6.45) is 4.55. The molecule has 1 N–H and O–H groups in total. The van der Waals surface area contributed by atoms with E-state index in [2.05, 4.69) is 5.32 Å². The lowest BCUT2D eigenvalue weighted by Gasteiger charge is -2.32. The number of rotatable bonds is 7. The summed E-state index contributed by atoms with van der Waals surface area (Å²) >= 11 is 0. The van der Waals surface area contributed by atoms with E-state index in [0.29, 0.717) is 24.5 Å². The first-order chi connectivity index (χ1) is 14.0. The highest BCUT2D eigenvalue weighted by Gasteiger charge is 2.27. The second-order valence-electron chi connectivity index (χ2n) is 6.88. The third kappa shape index (κ3) is 4.77. The van der Waals surface area contributed by atoms with Gasteiger partial charge in [-0.2, -0.15) is 0 Å². The molecule has 3 rings (SSSR count). The molecule has 0 radical (unpaired) electrons. The van der Waals surface area contributed by atoms with E-state index in [4.69, 9.17) is 9.47 Å². The van der Waals surface area contributed by atoms with Crippen molar-refractivity contribution in [2.75, 3.05) is 20.8 Å². The summed E-state index contributed by atoms with van der Waals surface area (Å²) in [7, 11) is 3.20. The van der Waals surface area contributed by atoms with E-state index in [0.717, 1.165) is 16.7 Å². The van der Waals surface area contributed by atoms with E-state index < -0.39 is 0 Å². The zero-order valence-electron chi connectivity index (χ0n) is 17.0. The molecule has 2 aromatic carbocycles. The van der Waals surface area contributed by atoms with Crippen molar-refractivity contribution < 1.29 is 19.1 Å². The number of nitrogens with one attached hydrogen (secondary N) is 1. The van der Waals surface area contributed by atoms with Gasteiger partial charge in [-0.05, 0) is 41.3 Å². The first-order valence-corrected chi connectivity index (χ1v) is 9.57. The fourth-order valence-corrected chi connectivity index (χ4v) is 3.54. The van der Waals surface area contributed by atoms with Crippen LogP contribution < -0.4 is 14.8 Å². The van der Waals surface area contributed by atoms with Gasteiger partial charge in [0.05, 0.1) is 26.7 Å². The molecule has 1 aliphatic rings. The van der Waals surface area contributed by atoms with E-state index in [9.17, 15) is 9.59 Å². The molecule has 0 aliphatic carbocycles. The zero-order valence-corrected chi connectivity index (χ0v) is 17.0. The quantitative estimate of drug-likeness (QED) is 0.782. The number of hydrogen-bond acceptors (Lipinski definition) is 4. The molecule has 0 aromatic heterocycles. The number of hydrogen-bond donors (Lipinski definition) is 1. The van der Waals surface area contributed by atoms with Crippen LogP contribution in [0.1, 0.15) is 36.1 Å². The molecule has 1 atom stereocenters. The molecule has 1 aliphatic heterocycles. The summed E-state index contributed by atoms with van der Waals surface area (Å²) < 4.78 is 10.6. The molecule has 0 saturated heterocycles. The van der Waals surface area contributed by atoms with E-state index in [1.807, 2.05) is 48.5 Å². The summed E-state index contributed by atoms with van der Waals surface area (Å²) in [5.41, 5.74) is 3.06. The van der Waals surface area contributed by atoms with Crippen molar-refractivity contribution >= 4 is 17.9 Å². The fraction of sp³-hybridized carbons (Fsp3) is 0.304. The lowest BCUT2D eigenvalue weighted by molar-refractivity contribution is -0.129. The van der Waals surface area contributed by atoms with Crippen LogP contribution >= 0.6 is 0 Å². The maximum absolute atomic E-state index is 12.6. The van der Waals surface area contributed by atoms with Gasteiger partial charge in [-0.1, -0.05) is 30.3 Å². The summed E-state index contributed by atoms with van der Waals surface area (Å²) in [4.78, 5) is 26.2. The van der Waals surface area contributed by atoms with E-state index in [1.54, 1.807) is 25.3 Å². The SMILES string of the molecule is COc1ccc(CCNC(=O)C[C@@H]2c3ccccc3C=CN2C(C)=O)cc1OC. The number of methoxy groups -OCH3 is 2. The lowest BCUT2D eigenvalue weighted by atomic mass is 9.93. The predicted octanol–water partition coefficient (Wildman–Crippen LogP) is 3.33. The Morgan fingerprint density at radius 1 is 1.07 bits per heavy atom. The van der Waals surface area contributed by atoms with Gasteiger partial charge in [0, 0.05) is 19.7 Å². The Kier molecular flexibility index (Phi) is 6.54. The zero-order chi connectivity index (χ0) is 20.8. The average molecular weight is 394 g/mol. The molecule has 29 heavy (non-hydrogen) atoms. The number of carbonyl (C=O) groups is 2. The molecular formula is C23H26N2O4. The van der Waals surface area contributed by atoms with Gasteiger partial charge in [0.25, 0.3) is 0 Å². The van der Waals surface area contributed by atoms with E-state index >= 15 is 0 Å². The van der Waals surface area contributed by atoms with Gasteiger partial charge >= 0.3 is 0 Å². The Morgan fingerprint density at radius 2 is 1.83 bits per heavy atom. The van der Waals surface area contributed by atoms with Crippen LogP contribution in [0.3, 0.4) is 0 Å². The van der Waals surface area contributed by atoms with Gasteiger partial charge in [-0.15, -0.1) is 0 Å². The number of nitrogens with zero attached hydrogens (tertiary/aromatic N) is 1. The number of benzene rings is 2. The van der Waals surface area contributed by atoms with Crippen molar-refractivity contribution in [3.63, 3.8) is 0 Å². The highest BCUT2D eigenvalue weighted by Crippen LogP contribution is 2.32. The summed E-state index contributed by atoms with van der Waals surface area (Å²) in [6.45, 7) is 2.01. The van der Waals surface area contributed by atoms with Crippen molar-refractivity contribution in [2.24, 2.45) is 0 Å². The second-order valence-corrected chi connectivity index (χ2v) is 6.88. The minimum atomic E-state index is -0.296. The Labute approximate surface area is 171 Å². The van der Waals surface area contributed by atoms with Crippen molar-refractivity contribution in [3.05, 3.63) is 65.4 Å². The smallest absolute Gasteiger partial charge is 0.223 e. The van der Waals surface area contributed by atoms with Crippen LogP contribution in [0.15, 0.2) is 48.7 Å². The van der Waals surface area contributed by atoms with E-state index in [1.165, 1.54) is 6.92 Å². The van der Waals surface area contributed by atoms with Gasteiger partial charge in [-0.3, -0.25) is 9.59 Å². The first-order valence-electron chi connectivity index (χ1n) is 9.57. The molecule has 2 amide bonds. The average Bonchev–Trinajstić information content (AvgIpc) is 2.73. The number of ether oxygens (including phenoxy) is 2. The van der Waals surface area contributed by atoms with Crippen molar-refractivity contribution in [1.82, 2.24) is 10.2 Å². The minimum absolute atomic E-state index is 0.0844. The summed E-state index contributed by atoms with van der Waals surface area (Å²) in [5.74, 6) is 1.17. The number of amides is 2. The molecule has 0 spiro atoms. The molecule has 0 bridgehead atoms. The Morgan fingerprint density at radius 3 is 2.55 bits per heavy atom. The van der Waals surface area contributed by atoms with Gasteiger partial charge < -0.3 is 19.7 Å². The molecule has 0 unspecified atom stereocenters. The second kappa shape index (κ2) is 9.28.